The second-order valence-corrected chi connectivity index (χ2v) is 7.57. The predicted molar refractivity (Wildman–Crippen MR) is 124 cm³/mol. The van der Waals surface area contributed by atoms with Gasteiger partial charge in [0.15, 0.2) is 5.96 Å². The summed E-state index contributed by atoms with van der Waals surface area (Å²) in [5.41, 5.74) is 1.09. The largest absolute Gasteiger partial charge is 0.497 e. The zero-order valence-electron chi connectivity index (χ0n) is 17.7. The molecule has 1 aromatic carbocycles. The molecule has 1 aliphatic rings. The third kappa shape index (κ3) is 6.53. The molecule has 0 aliphatic carbocycles. The average Bonchev–Trinajstić information content (AvgIpc) is 2.70. The van der Waals surface area contributed by atoms with E-state index in [1.165, 1.54) is 12.7 Å². The number of benzene rings is 1. The summed E-state index contributed by atoms with van der Waals surface area (Å²) in [5, 5.41) is 3.39. The minimum Gasteiger partial charge on any atom is -0.497 e. The van der Waals surface area contributed by atoms with Gasteiger partial charge < -0.3 is 19.7 Å². The van der Waals surface area contributed by atoms with Crippen molar-refractivity contribution in [1.82, 2.24) is 10.2 Å². The van der Waals surface area contributed by atoms with E-state index in [0.29, 0.717) is 6.54 Å². The number of piperidine rings is 1. The van der Waals surface area contributed by atoms with E-state index in [2.05, 4.69) is 43.1 Å². The number of carbonyl (C=O) groups excluding carboxylic acids is 1. The molecule has 1 saturated heterocycles. The number of likely N-dealkylation sites (tertiary alicyclic amines) is 1. The van der Waals surface area contributed by atoms with E-state index in [0.717, 1.165) is 44.2 Å². The third-order valence-corrected chi connectivity index (χ3v) is 5.14. The summed E-state index contributed by atoms with van der Waals surface area (Å²) < 4.78 is 10.2. The molecule has 28 heavy (non-hydrogen) atoms. The first kappa shape index (κ1) is 24.5. The number of methoxy groups -OCH3 is 2. The lowest BCUT2D eigenvalue weighted by Gasteiger charge is -2.34. The Morgan fingerprint density at radius 3 is 2.54 bits per heavy atom. The van der Waals surface area contributed by atoms with E-state index in [1.54, 1.807) is 7.11 Å². The van der Waals surface area contributed by atoms with Gasteiger partial charge in [0.05, 0.1) is 26.7 Å². The number of carbonyl (C=O) groups is 1. The fourth-order valence-electron chi connectivity index (χ4n) is 3.33. The highest BCUT2D eigenvalue weighted by Gasteiger charge is 2.28. The molecule has 6 nitrogen and oxygen atoms in total. The van der Waals surface area contributed by atoms with Gasteiger partial charge in [-0.3, -0.25) is 9.79 Å². The van der Waals surface area contributed by atoms with Crippen molar-refractivity contribution in [2.75, 3.05) is 40.4 Å². The van der Waals surface area contributed by atoms with Crippen molar-refractivity contribution >= 4 is 35.9 Å². The van der Waals surface area contributed by atoms with Gasteiger partial charge in [-0.15, -0.1) is 24.0 Å². The Hall–Kier alpha value is -1.51. The second-order valence-electron chi connectivity index (χ2n) is 7.57. The van der Waals surface area contributed by atoms with Crippen LogP contribution in [0.1, 0.15) is 39.2 Å². The highest BCUT2D eigenvalue weighted by molar-refractivity contribution is 14.0. The van der Waals surface area contributed by atoms with Crippen LogP contribution in [0.5, 0.6) is 5.75 Å². The Labute approximate surface area is 186 Å². The van der Waals surface area contributed by atoms with Gasteiger partial charge in [-0.05, 0) is 37.5 Å². The number of ether oxygens (including phenoxy) is 2. The lowest BCUT2D eigenvalue weighted by Crippen LogP contribution is -2.47. The topological polar surface area (TPSA) is 63.2 Å². The van der Waals surface area contributed by atoms with Crippen LogP contribution in [0.2, 0.25) is 0 Å². The first-order valence-electron chi connectivity index (χ1n) is 9.67. The van der Waals surface area contributed by atoms with Gasteiger partial charge in [0.2, 0.25) is 0 Å². The minimum atomic E-state index is -0.112. The van der Waals surface area contributed by atoms with Crippen LogP contribution in [0, 0.1) is 5.92 Å². The lowest BCUT2D eigenvalue weighted by molar-refractivity contribution is -0.146. The lowest BCUT2D eigenvalue weighted by atomic mass is 9.84. The van der Waals surface area contributed by atoms with E-state index in [1.807, 2.05) is 12.1 Å². The van der Waals surface area contributed by atoms with Crippen molar-refractivity contribution in [1.29, 1.82) is 0 Å². The fourth-order valence-corrected chi connectivity index (χ4v) is 3.33. The van der Waals surface area contributed by atoms with Crippen LogP contribution in [-0.2, 0) is 14.9 Å². The van der Waals surface area contributed by atoms with Crippen LogP contribution in [0.15, 0.2) is 29.3 Å². The van der Waals surface area contributed by atoms with Crippen LogP contribution >= 0.6 is 24.0 Å². The number of nitrogens with one attached hydrogen (secondary N) is 1. The molecular formula is C21H34IN3O3. The first-order chi connectivity index (χ1) is 12.9. The highest BCUT2D eigenvalue weighted by atomic mass is 127. The van der Waals surface area contributed by atoms with E-state index in [4.69, 9.17) is 14.5 Å². The zero-order valence-corrected chi connectivity index (χ0v) is 20.0. The van der Waals surface area contributed by atoms with Crippen LogP contribution in [0.3, 0.4) is 0 Å². The molecule has 1 fully saturated rings. The number of rotatable bonds is 6. The molecule has 1 heterocycles. The molecule has 2 rings (SSSR count). The monoisotopic (exact) mass is 503 g/mol. The number of aliphatic imine (C=N–C) groups is 1. The SMILES string of the molecule is CCNC(=NCC(C)(C)c1cccc(OC)c1)N1CCC(C(=O)OC)CC1.I. The fraction of sp³-hybridized carbons (Fsp3) is 0.619. The number of guanidine groups is 1. The quantitative estimate of drug-likeness (QED) is 0.279. The molecule has 0 atom stereocenters. The standard InChI is InChI=1S/C21H33N3O3.HI/c1-6-22-20(24-12-10-16(11-13-24)19(25)27-5)23-15-21(2,3)17-8-7-9-18(14-17)26-4;/h7-9,14,16H,6,10-13,15H2,1-5H3,(H,22,23);1H. The molecule has 0 bridgehead atoms. The minimum absolute atomic E-state index is 0. The summed E-state index contributed by atoms with van der Waals surface area (Å²) in [4.78, 5) is 18.9. The summed E-state index contributed by atoms with van der Waals surface area (Å²) in [6.07, 6.45) is 1.60. The van der Waals surface area contributed by atoms with Crippen molar-refractivity contribution in [2.45, 2.75) is 39.0 Å². The summed E-state index contributed by atoms with van der Waals surface area (Å²) >= 11 is 0. The normalized spacial score (nSPS) is 15.6. The molecule has 1 aromatic rings. The van der Waals surface area contributed by atoms with Crippen molar-refractivity contribution in [2.24, 2.45) is 10.9 Å². The number of hydrogen-bond acceptors (Lipinski definition) is 4. The zero-order chi connectivity index (χ0) is 19.9. The van der Waals surface area contributed by atoms with E-state index < -0.39 is 0 Å². The second kappa shape index (κ2) is 11.5. The van der Waals surface area contributed by atoms with E-state index >= 15 is 0 Å². The Bertz CT molecular complexity index is 656. The molecule has 0 saturated carbocycles. The van der Waals surface area contributed by atoms with Crippen LogP contribution in [0.25, 0.3) is 0 Å². The van der Waals surface area contributed by atoms with E-state index in [-0.39, 0.29) is 41.3 Å². The van der Waals surface area contributed by atoms with Crippen LogP contribution < -0.4 is 10.1 Å². The van der Waals surface area contributed by atoms with Gasteiger partial charge in [0, 0.05) is 25.0 Å². The van der Waals surface area contributed by atoms with Gasteiger partial charge in [-0.1, -0.05) is 26.0 Å². The number of esters is 1. The van der Waals surface area contributed by atoms with Crippen molar-refractivity contribution in [3.63, 3.8) is 0 Å². The molecule has 0 spiro atoms. The van der Waals surface area contributed by atoms with Gasteiger partial charge in [-0.2, -0.15) is 0 Å². The van der Waals surface area contributed by atoms with Gasteiger partial charge >= 0.3 is 5.97 Å². The molecule has 1 aliphatic heterocycles. The molecule has 1 N–H and O–H groups in total. The molecule has 0 radical (unpaired) electrons. The molecule has 158 valence electrons. The maximum Gasteiger partial charge on any atom is 0.308 e. The Morgan fingerprint density at radius 1 is 1.29 bits per heavy atom. The maximum atomic E-state index is 11.7. The smallest absolute Gasteiger partial charge is 0.308 e. The van der Waals surface area contributed by atoms with Crippen LogP contribution in [0.4, 0.5) is 0 Å². The third-order valence-electron chi connectivity index (χ3n) is 5.14. The van der Waals surface area contributed by atoms with Crippen molar-refractivity contribution in [3.05, 3.63) is 29.8 Å². The maximum absolute atomic E-state index is 11.7. The average molecular weight is 503 g/mol. The molecule has 0 aromatic heterocycles. The summed E-state index contributed by atoms with van der Waals surface area (Å²) in [7, 11) is 3.15. The number of nitrogens with zero attached hydrogens (tertiary/aromatic N) is 2. The Balaban J connectivity index is 0.00000392. The molecule has 7 heteroatoms. The summed E-state index contributed by atoms with van der Waals surface area (Å²) in [5.74, 6) is 1.68. The van der Waals surface area contributed by atoms with Crippen molar-refractivity contribution in [3.8, 4) is 5.75 Å². The number of hydrogen-bond donors (Lipinski definition) is 1. The summed E-state index contributed by atoms with van der Waals surface area (Å²) in [6, 6.07) is 8.16. The molecule has 0 amide bonds. The predicted octanol–water partition coefficient (Wildman–Crippen LogP) is 3.44. The van der Waals surface area contributed by atoms with Crippen LogP contribution in [-0.4, -0.2) is 57.2 Å². The molecule has 0 unspecified atom stereocenters. The van der Waals surface area contributed by atoms with Gasteiger partial charge in [-0.25, -0.2) is 0 Å². The van der Waals surface area contributed by atoms with Gasteiger partial charge in [0.1, 0.15) is 5.75 Å². The Kier molecular flexibility index (Phi) is 10.1. The van der Waals surface area contributed by atoms with Crippen molar-refractivity contribution < 1.29 is 14.3 Å². The van der Waals surface area contributed by atoms with Gasteiger partial charge in [0.25, 0.3) is 0 Å². The highest BCUT2D eigenvalue weighted by Crippen LogP contribution is 2.27. The summed E-state index contributed by atoms with van der Waals surface area (Å²) in [6.45, 7) is 9.56. The molecular weight excluding hydrogens is 469 g/mol. The Morgan fingerprint density at radius 2 is 1.96 bits per heavy atom. The number of halogens is 1. The van der Waals surface area contributed by atoms with E-state index in [9.17, 15) is 4.79 Å². The first-order valence-corrected chi connectivity index (χ1v) is 9.67.